The minimum absolute atomic E-state index is 0.00336. The van der Waals surface area contributed by atoms with Gasteiger partial charge in [0.15, 0.2) is 0 Å². The molecule has 1 N–H and O–H groups in total. The standard InChI is InChI=1S/C23H30N4O5S/c1-19-11-15-25(16-12-19)14-6-13-24-23(28)18-26(20-7-5-8-21(17-20)27(29)30)33(31,32)22-9-3-2-4-10-22/h2-5,7-10,17,19H,6,11-16,18H2,1H3,(H,24,28). The third kappa shape index (κ3) is 6.75. The summed E-state index contributed by atoms with van der Waals surface area (Å²) in [7, 11) is -4.10. The molecule has 1 saturated heterocycles. The minimum Gasteiger partial charge on any atom is -0.354 e. The van der Waals surface area contributed by atoms with Crippen LogP contribution in [0.15, 0.2) is 59.5 Å². The van der Waals surface area contributed by atoms with Crippen LogP contribution in [0.5, 0.6) is 0 Å². The molecule has 1 amide bonds. The number of nitrogens with zero attached hydrogens (tertiary/aromatic N) is 3. The SMILES string of the molecule is CC1CCN(CCCNC(=O)CN(c2cccc([N+](=O)[O-])c2)S(=O)(=O)c2ccccc2)CC1. The summed E-state index contributed by atoms with van der Waals surface area (Å²) in [6.07, 6.45) is 3.13. The Labute approximate surface area is 194 Å². The summed E-state index contributed by atoms with van der Waals surface area (Å²) in [5.74, 6) is 0.292. The number of rotatable bonds is 10. The van der Waals surface area contributed by atoms with Gasteiger partial charge in [-0.05, 0) is 63.0 Å². The van der Waals surface area contributed by atoms with Gasteiger partial charge in [0.25, 0.3) is 15.7 Å². The summed E-state index contributed by atoms with van der Waals surface area (Å²) in [5.41, 5.74) is -0.192. The number of non-ortho nitro benzene ring substituents is 1. The Morgan fingerprint density at radius 3 is 2.52 bits per heavy atom. The van der Waals surface area contributed by atoms with Gasteiger partial charge in [0, 0.05) is 18.7 Å². The second-order valence-electron chi connectivity index (χ2n) is 8.33. The molecule has 2 aromatic rings. The zero-order valence-corrected chi connectivity index (χ0v) is 19.5. The number of anilines is 1. The van der Waals surface area contributed by atoms with Crippen LogP contribution in [0, 0.1) is 16.0 Å². The number of likely N-dealkylation sites (tertiary alicyclic amines) is 1. The fraction of sp³-hybridized carbons (Fsp3) is 0.435. The van der Waals surface area contributed by atoms with Crippen molar-refractivity contribution >= 4 is 27.3 Å². The van der Waals surface area contributed by atoms with Crippen LogP contribution >= 0.6 is 0 Å². The highest BCUT2D eigenvalue weighted by atomic mass is 32.2. The molecule has 9 nitrogen and oxygen atoms in total. The van der Waals surface area contributed by atoms with Crippen molar-refractivity contribution in [2.45, 2.75) is 31.1 Å². The lowest BCUT2D eigenvalue weighted by Gasteiger charge is -2.30. The molecule has 1 heterocycles. The Bertz CT molecular complexity index is 1050. The zero-order valence-electron chi connectivity index (χ0n) is 18.7. The van der Waals surface area contributed by atoms with Gasteiger partial charge in [-0.15, -0.1) is 0 Å². The van der Waals surface area contributed by atoms with Crippen LogP contribution in [-0.4, -0.2) is 56.9 Å². The molecule has 1 aliphatic rings. The first kappa shape index (κ1) is 24.7. The van der Waals surface area contributed by atoms with Crippen LogP contribution in [0.4, 0.5) is 11.4 Å². The van der Waals surface area contributed by atoms with Crippen molar-refractivity contribution in [3.8, 4) is 0 Å². The molecule has 0 bridgehead atoms. The summed E-state index contributed by atoms with van der Waals surface area (Å²) in [4.78, 5) is 25.6. The van der Waals surface area contributed by atoms with Crippen LogP contribution in [0.1, 0.15) is 26.2 Å². The average Bonchev–Trinajstić information content (AvgIpc) is 2.82. The quantitative estimate of drug-likeness (QED) is 0.322. The Morgan fingerprint density at radius 1 is 1.15 bits per heavy atom. The molecule has 0 unspecified atom stereocenters. The Kier molecular flexibility index (Phi) is 8.40. The third-order valence-corrected chi connectivity index (χ3v) is 7.58. The van der Waals surface area contributed by atoms with Crippen LogP contribution in [0.3, 0.4) is 0 Å². The monoisotopic (exact) mass is 474 g/mol. The number of sulfonamides is 1. The Morgan fingerprint density at radius 2 is 1.85 bits per heavy atom. The third-order valence-electron chi connectivity index (χ3n) is 5.80. The van der Waals surface area contributed by atoms with Gasteiger partial charge in [-0.3, -0.25) is 19.2 Å². The van der Waals surface area contributed by atoms with Gasteiger partial charge in [-0.2, -0.15) is 0 Å². The highest BCUT2D eigenvalue weighted by Gasteiger charge is 2.28. The maximum absolute atomic E-state index is 13.3. The molecule has 1 fully saturated rings. The van der Waals surface area contributed by atoms with E-state index >= 15 is 0 Å². The average molecular weight is 475 g/mol. The molecule has 2 aromatic carbocycles. The predicted octanol–water partition coefficient (Wildman–Crippen LogP) is 3.03. The lowest BCUT2D eigenvalue weighted by Crippen LogP contribution is -2.42. The molecule has 178 valence electrons. The number of nitro benzene ring substituents is 1. The van der Waals surface area contributed by atoms with Gasteiger partial charge in [0.2, 0.25) is 5.91 Å². The molecular weight excluding hydrogens is 444 g/mol. The molecule has 1 aliphatic heterocycles. The summed E-state index contributed by atoms with van der Waals surface area (Å²) in [6, 6.07) is 13.0. The summed E-state index contributed by atoms with van der Waals surface area (Å²) in [6.45, 7) is 5.22. The second-order valence-corrected chi connectivity index (χ2v) is 10.2. The lowest BCUT2D eigenvalue weighted by atomic mass is 9.99. The predicted molar refractivity (Wildman–Crippen MR) is 127 cm³/mol. The highest BCUT2D eigenvalue weighted by Crippen LogP contribution is 2.26. The number of hydrogen-bond acceptors (Lipinski definition) is 6. The summed E-state index contributed by atoms with van der Waals surface area (Å²) >= 11 is 0. The number of hydrogen-bond donors (Lipinski definition) is 1. The number of nitro groups is 1. The van der Waals surface area contributed by atoms with E-state index in [4.69, 9.17) is 0 Å². The molecule has 0 atom stereocenters. The summed E-state index contributed by atoms with van der Waals surface area (Å²) in [5, 5.41) is 14.0. The smallest absolute Gasteiger partial charge is 0.271 e. The van der Waals surface area contributed by atoms with E-state index in [9.17, 15) is 23.3 Å². The molecule has 10 heteroatoms. The number of carbonyl (C=O) groups is 1. The van der Waals surface area contributed by atoms with E-state index in [1.165, 1.54) is 43.2 Å². The van der Waals surface area contributed by atoms with Gasteiger partial charge in [-0.25, -0.2) is 8.42 Å². The molecule has 33 heavy (non-hydrogen) atoms. The van der Waals surface area contributed by atoms with Crippen molar-refractivity contribution in [3.63, 3.8) is 0 Å². The largest absolute Gasteiger partial charge is 0.354 e. The fourth-order valence-corrected chi connectivity index (χ4v) is 5.23. The molecule has 0 aliphatic carbocycles. The van der Waals surface area contributed by atoms with Crippen molar-refractivity contribution in [3.05, 3.63) is 64.7 Å². The maximum atomic E-state index is 13.3. The van der Waals surface area contributed by atoms with E-state index in [0.29, 0.717) is 6.54 Å². The van der Waals surface area contributed by atoms with Crippen molar-refractivity contribution in [2.75, 3.05) is 37.0 Å². The molecule has 0 spiro atoms. The van der Waals surface area contributed by atoms with E-state index < -0.39 is 27.4 Å². The van der Waals surface area contributed by atoms with Crippen LogP contribution < -0.4 is 9.62 Å². The number of piperidine rings is 1. The van der Waals surface area contributed by atoms with Gasteiger partial charge in [-0.1, -0.05) is 31.2 Å². The van der Waals surface area contributed by atoms with Crippen LogP contribution in [0.25, 0.3) is 0 Å². The Hall–Kier alpha value is -2.98. The maximum Gasteiger partial charge on any atom is 0.271 e. The molecule has 0 aromatic heterocycles. The van der Waals surface area contributed by atoms with Gasteiger partial charge < -0.3 is 10.2 Å². The van der Waals surface area contributed by atoms with E-state index in [1.54, 1.807) is 18.2 Å². The van der Waals surface area contributed by atoms with Crippen LogP contribution in [-0.2, 0) is 14.8 Å². The molecule has 0 radical (unpaired) electrons. The normalized spacial score (nSPS) is 15.2. The first-order chi connectivity index (χ1) is 15.8. The fourth-order valence-electron chi connectivity index (χ4n) is 3.80. The van der Waals surface area contributed by atoms with E-state index in [1.807, 2.05) is 0 Å². The van der Waals surface area contributed by atoms with E-state index in [2.05, 4.69) is 17.1 Å². The number of amides is 1. The first-order valence-corrected chi connectivity index (χ1v) is 12.5. The van der Waals surface area contributed by atoms with E-state index in [-0.39, 0.29) is 16.3 Å². The van der Waals surface area contributed by atoms with Crippen molar-refractivity contribution in [1.29, 1.82) is 0 Å². The van der Waals surface area contributed by atoms with Gasteiger partial charge in [0.05, 0.1) is 15.5 Å². The molecule has 3 rings (SSSR count). The molecular formula is C23H30N4O5S. The second kappa shape index (κ2) is 11.2. The number of carbonyl (C=O) groups excluding carboxylic acids is 1. The van der Waals surface area contributed by atoms with Gasteiger partial charge in [0.1, 0.15) is 6.54 Å². The van der Waals surface area contributed by atoms with Crippen molar-refractivity contribution in [2.24, 2.45) is 5.92 Å². The van der Waals surface area contributed by atoms with Gasteiger partial charge >= 0.3 is 0 Å². The highest BCUT2D eigenvalue weighted by molar-refractivity contribution is 7.92. The molecule has 0 saturated carbocycles. The van der Waals surface area contributed by atoms with Crippen molar-refractivity contribution < 1.29 is 18.1 Å². The lowest BCUT2D eigenvalue weighted by molar-refractivity contribution is -0.384. The zero-order chi connectivity index (χ0) is 23.8. The summed E-state index contributed by atoms with van der Waals surface area (Å²) < 4.78 is 27.5. The number of nitrogens with one attached hydrogen (secondary N) is 1. The van der Waals surface area contributed by atoms with E-state index in [0.717, 1.165) is 42.3 Å². The number of benzene rings is 2. The first-order valence-electron chi connectivity index (χ1n) is 11.1. The minimum atomic E-state index is -4.10. The topological polar surface area (TPSA) is 113 Å². The van der Waals surface area contributed by atoms with Crippen LogP contribution in [0.2, 0.25) is 0 Å². The Balaban J connectivity index is 1.68. The van der Waals surface area contributed by atoms with Crippen molar-refractivity contribution in [1.82, 2.24) is 10.2 Å².